The second-order valence-corrected chi connectivity index (χ2v) is 13.9. The minimum absolute atomic E-state index is 0.0878. The van der Waals surface area contributed by atoms with Crippen LogP contribution in [0.1, 0.15) is 30.5 Å². The molecule has 0 aliphatic heterocycles. The van der Waals surface area contributed by atoms with Gasteiger partial charge < -0.3 is 4.90 Å². The molecular formula is C48H37N. The van der Waals surface area contributed by atoms with Crippen molar-refractivity contribution in [1.29, 1.82) is 0 Å². The van der Waals surface area contributed by atoms with Crippen LogP contribution in [-0.2, 0) is 5.41 Å². The van der Waals surface area contributed by atoms with Crippen molar-refractivity contribution in [2.75, 3.05) is 4.90 Å². The fourth-order valence-corrected chi connectivity index (χ4v) is 7.99. The average molecular weight is 628 g/mol. The van der Waals surface area contributed by atoms with E-state index in [1.165, 1.54) is 71.6 Å². The number of anilines is 3. The van der Waals surface area contributed by atoms with E-state index in [4.69, 9.17) is 0 Å². The molecule has 0 N–H and O–H groups in total. The van der Waals surface area contributed by atoms with Gasteiger partial charge in [0.05, 0.1) is 0 Å². The molecule has 0 spiro atoms. The average Bonchev–Trinajstić information content (AvgIpc) is 3.38. The second-order valence-electron chi connectivity index (χ2n) is 13.9. The number of fused-ring (bicyclic) bond motifs is 5. The molecule has 0 saturated heterocycles. The summed E-state index contributed by atoms with van der Waals surface area (Å²) >= 11 is 0. The van der Waals surface area contributed by atoms with Gasteiger partial charge in [0.15, 0.2) is 0 Å². The van der Waals surface area contributed by atoms with Crippen molar-refractivity contribution in [1.82, 2.24) is 0 Å². The first-order chi connectivity index (χ1) is 24.0. The Morgan fingerprint density at radius 1 is 0.388 bits per heavy atom. The normalized spacial score (nSPS) is 13.0. The number of aryl methyl sites for hydroxylation is 1. The van der Waals surface area contributed by atoms with Crippen molar-refractivity contribution in [2.24, 2.45) is 0 Å². The lowest BCUT2D eigenvalue weighted by Gasteiger charge is -2.28. The Balaban J connectivity index is 1.20. The molecule has 0 amide bonds. The zero-order chi connectivity index (χ0) is 33.1. The van der Waals surface area contributed by atoms with Crippen LogP contribution in [-0.4, -0.2) is 0 Å². The predicted molar refractivity (Wildman–Crippen MR) is 209 cm³/mol. The van der Waals surface area contributed by atoms with Crippen molar-refractivity contribution < 1.29 is 0 Å². The van der Waals surface area contributed by atoms with Gasteiger partial charge in [0.25, 0.3) is 0 Å². The highest BCUT2D eigenvalue weighted by atomic mass is 15.1. The minimum Gasteiger partial charge on any atom is -0.310 e. The Hall–Kier alpha value is -5.92. The molecule has 8 aromatic rings. The summed E-state index contributed by atoms with van der Waals surface area (Å²) in [6.45, 7) is 6.97. The minimum atomic E-state index is -0.0878. The number of hydrogen-bond acceptors (Lipinski definition) is 1. The van der Waals surface area contributed by atoms with Crippen LogP contribution in [0, 0.1) is 6.92 Å². The lowest BCUT2D eigenvalue weighted by atomic mass is 9.82. The summed E-state index contributed by atoms with van der Waals surface area (Å²) < 4.78 is 0. The topological polar surface area (TPSA) is 3.24 Å². The molecule has 1 aliphatic rings. The second kappa shape index (κ2) is 11.4. The largest absolute Gasteiger partial charge is 0.310 e. The summed E-state index contributed by atoms with van der Waals surface area (Å²) in [5.41, 5.74) is 15.1. The summed E-state index contributed by atoms with van der Waals surface area (Å²) in [6, 6.07) is 62.4. The van der Waals surface area contributed by atoms with Crippen LogP contribution in [0.3, 0.4) is 0 Å². The van der Waals surface area contributed by atoms with E-state index in [1.807, 2.05) is 0 Å². The number of benzene rings is 8. The Bertz CT molecular complexity index is 2520. The predicted octanol–water partition coefficient (Wildman–Crippen LogP) is 13.4. The van der Waals surface area contributed by atoms with Crippen molar-refractivity contribution >= 4 is 38.6 Å². The van der Waals surface area contributed by atoms with Gasteiger partial charge in [-0.05, 0) is 127 Å². The molecule has 9 rings (SSSR count). The van der Waals surface area contributed by atoms with Crippen molar-refractivity contribution in [3.8, 4) is 33.4 Å². The molecule has 0 bridgehead atoms. The van der Waals surface area contributed by atoms with E-state index in [9.17, 15) is 0 Å². The summed E-state index contributed by atoms with van der Waals surface area (Å²) in [5, 5.41) is 4.97. The van der Waals surface area contributed by atoms with Crippen LogP contribution in [0.2, 0.25) is 0 Å². The Morgan fingerprint density at radius 2 is 0.939 bits per heavy atom. The Kier molecular flexibility index (Phi) is 6.78. The van der Waals surface area contributed by atoms with Gasteiger partial charge in [0, 0.05) is 22.5 Å². The maximum absolute atomic E-state index is 2.43. The number of rotatable bonds is 5. The van der Waals surface area contributed by atoms with Gasteiger partial charge in [-0.25, -0.2) is 0 Å². The lowest BCUT2D eigenvalue weighted by Crippen LogP contribution is -2.16. The molecule has 0 atom stereocenters. The molecule has 0 heterocycles. The molecule has 0 radical (unpaired) electrons. The highest BCUT2D eigenvalue weighted by Gasteiger charge is 2.36. The highest BCUT2D eigenvalue weighted by Crippen LogP contribution is 2.52. The van der Waals surface area contributed by atoms with E-state index in [1.54, 1.807) is 0 Å². The van der Waals surface area contributed by atoms with Gasteiger partial charge in [0.2, 0.25) is 0 Å². The summed E-state index contributed by atoms with van der Waals surface area (Å²) in [5.74, 6) is 0. The highest BCUT2D eigenvalue weighted by molar-refractivity contribution is 5.97. The van der Waals surface area contributed by atoms with Crippen molar-refractivity contribution in [3.05, 3.63) is 187 Å². The summed E-state index contributed by atoms with van der Waals surface area (Å²) in [6.07, 6.45) is 0. The van der Waals surface area contributed by atoms with E-state index in [-0.39, 0.29) is 5.41 Å². The third-order valence-electron chi connectivity index (χ3n) is 10.5. The van der Waals surface area contributed by atoms with Gasteiger partial charge in [-0.2, -0.15) is 0 Å². The van der Waals surface area contributed by atoms with E-state index >= 15 is 0 Å². The van der Waals surface area contributed by atoms with Crippen molar-refractivity contribution in [2.45, 2.75) is 26.2 Å². The summed E-state index contributed by atoms with van der Waals surface area (Å²) in [7, 11) is 0. The molecule has 0 aromatic heterocycles. The zero-order valence-corrected chi connectivity index (χ0v) is 28.1. The quantitative estimate of drug-likeness (QED) is 0.183. The molecule has 0 fully saturated rings. The first kappa shape index (κ1) is 29.2. The van der Waals surface area contributed by atoms with E-state index in [2.05, 4.69) is 196 Å². The molecule has 49 heavy (non-hydrogen) atoms. The third kappa shape index (κ3) is 4.85. The Labute approximate surface area is 288 Å². The van der Waals surface area contributed by atoms with Gasteiger partial charge >= 0.3 is 0 Å². The van der Waals surface area contributed by atoms with Crippen LogP contribution >= 0.6 is 0 Å². The SMILES string of the molecule is Cc1cccc2c1-c1ccc(N(c3ccc(-c4cc5ccccc5cc4-c4ccccc4)cc3)c3ccc4ccccc4c3)cc1C2(C)C. The maximum Gasteiger partial charge on any atom is 0.0468 e. The molecule has 0 saturated carbocycles. The van der Waals surface area contributed by atoms with Crippen LogP contribution in [0.25, 0.3) is 54.9 Å². The van der Waals surface area contributed by atoms with E-state index in [0.717, 1.165) is 17.1 Å². The third-order valence-corrected chi connectivity index (χ3v) is 10.5. The first-order valence-electron chi connectivity index (χ1n) is 17.2. The van der Waals surface area contributed by atoms with Crippen LogP contribution < -0.4 is 4.90 Å². The molecule has 234 valence electrons. The fraction of sp³-hybridized carbons (Fsp3) is 0.0833. The molecule has 1 nitrogen and oxygen atoms in total. The van der Waals surface area contributed by atoms with Gasteiger partial charge in [-0.15, -0.1) is 0 Å². The molecule has 8 aromatic carbocycles. The Morgan fingerprint density at radius 3 is 1.63 bits per heavy atom. The van der Waals surface area contributed by atoms with Crippen LogP contribution in [0.15, 0.2) is 170 Å². The van der Waals surface area contributed by atoms with Gasteiger partial charge in [-0.3, -0.25) is 0 Å². The number of hydrogen-bond donors (Lipinski definition) is 0. The van der Waals surface area contributed by atoms with E-state index in [0.29, 0.717) is 0 Å². The summed E-state index contributed by atoms with van der Waals surface area (Å²) in [4.78, 5) is 2.42. The first-order valence-corrected chi connectivity index (χ1v) is 17.2. The van der Waals surface area contributed by atoms with Crippen LogP contribution in [0.4, 0.5) is 17.1 Å². The molecular weight excluding hydrogens is 591 g/mol. The van der Waals surface area contributed by atoms with Gasteiger partial charge in [0.1, 0.15) is 0 Å². The lowest BCUT2D eigenvalue weighted by molar-refractivity contribution is 0.660. The van der Waals surface area contributed by atoms with Crippen molar-refractivity contribution in [3.63, 3.8) is 0 Å². The maximum atomic E-state index is 2.43. The smallest absolute Gasteiger partial charge is 0.0468 e. The van der Waals surface area contributed by atoms with Gasteiger partial charge in [-0.1, -0.05) is 135 Å². The standard InChI is InChI=1S/C48H37N/c1-32-12-11-19-45-47(32)42-27-26-41(31-46(42)48(45,2)3)49(40-25-20-33-13-7-8-16-36(33)28-40)39-23-21-35(22-24-39)44-30-38-18-10-9-17-37(38)29-43(44)34-14-5-4-6-15-34/h4-31H,1-3H3. The number of nitrogens with zero attached hydrogens (tertiary/aromatic N) is 1. The molecule has 1 aliphatic carbocycles. The fourth-order valence-electron chi connectivity index (χ4n) is 7.99. The molecule has 1 heteroatoms. The zero-order valence-electron chi connectivity index (χ0n) is 28.1. The van der Waals surface area contributed by atoms with Crippen LogP contribution in [0.5, 0.6) is 0 Å². The molecule has 0 unspecified atom stereocenters. The monoisotopic (exact) mass is 627 g/mol. The van der Waals surface area contributed by atoms with E-state index < -0.39 is 0 Å².